The minimum absolute atomic E-state index is 0.0860. The average molecular weight is 416 g/mol. The molecule has 0 aliphatic heterocycles. The summed E-state index contributed by atoms with van der Waals surface area (Å²) in [5, 5.41) is 14.1. The van der Waals surface area contributed by atoms with E-state index in [2.05, 4.69) is 5.16 Å². The van der Waals surface area contributed by atoms with Crippen molar-refractivity contribution in [1.82, 2.24) is 0 Å². The first-order valence-corrected chi connectivity index (χ1v) is 9.57. The van der Waals surface area contributed by atoms with E-state index in [1.54, 1.807) is 19.2 Å². The van der Waals surface area contributed by atoms with Crippen LogP contribution in [0.3, 0.4) is 0 Å². The number of oxime groups is 1. The maximum Gasteiger partial charge on any atom is 0.307 e. The Kier molecular flexibility index (Phi) is 6.34. The van der Waals surface area contributed by atoms with Gasteiger partial charge in [0.25, 0.3) is 0 Å². The molecule has 0 fully saturated rings. The molecule has 0 unspecified atom stereocenters. The summed E-state index contributed by atoms with van der Waals surface area (Å²) in [6.07, 6.45) is -0.0860. The number of benzene rings is 2. The molecule has 28 heavy (non-hydrogen) atoms. The summed E-state index contributed by atoms with van der Waals surface area (Å²) in [5.41, 5.74) is 3.09. The van der Waals surface area contributed by atoms with E-state index in [-0.39, 0.29) is 6.42 Å². The maximum atomic E-state index is 11.4. The van der Waals surface area contributed by atoms with E-state index in [0.717, 1.165) is 26.6 Å². The molecule has 1 aromatic heterocycles. The minimum atomic E-state index is -0.894. The van der Waals surface area contributed by atoms with Gasteiger partial charge in [0.2, 0.25) is 0 Å². The second-order valence-corrected chi connectivity index (χ2v) is 7.38. The largest absolute Gasteiger partial charge is 0.497 e. The van der Waals surface area contributed by atoms with Gasteiger partial charge in [-0.2, -0.15) is 0 Å². The number of aliphatic carboxylic acids is 1. The highest BCUT2D eigenvalue weighted by Gasteiger charge is 2.18. The fourth-order valence-electron chi connectivity index (χ4n) is 2.77. The molecule has 2 aromatic carbocycles. The van der Waals surface area contributed by atoms with Crippen molar-refractivity contribution in [2.45, 2.75) is 6.42 Å². The number of ether oxygens (including phenoxy) is 1. The van der Waals surface area contributed by atoms with Gasteiger partial charge in [-0.1, -0.05) is 28.9 Å². The van der Waals surface area contributed by atoms with Crippen LogP contribution in [0.15, 0.2) is 59.8 Å². The van der Waals surface area contributed by atoms with Gasteiger partial charge < -0.3 is 14.7 Å². The number of thiophene rings is 1. The first-order chi connectivity index (χ1) is 13.5. The summed E-state index contributed by atoms with van der Waals surface area (Å²) in [5.74, 6) is -0.158. The fraction of sp³-hybridized carbons (Fsp3) is 0.143. The second-order valence-electron chi connectivity index (χ2n) is 5.89. The van der Waals surface area contributed by atoms with E-state index in [0.29, 0.717) is 16.3 Å². The van der Waals surface area contributed by atoms with Crippen molar-refractivity contribution in [2.24, 2.45) is 5.16 Å². The van der Waals surface area contributed by atoms with Gasteiger partial charge in [-0.15, -0.1) is 11.3 Å². The molecule has 0 radical (unpaired) electrons. The van der Waals surface area contributed by atoms with Crippen LogP contribution in [0.4, 0.5) is 0 Å². The zero-order valence-electron chi connectivity index (χ0n) is 15.3. The van der Waals surface area contributed by atoms with E-state index in [1.165, 1.54) is 18.4 Å². The van der Waals surface area contributed by atoms with Gasteiger partial charge in [0.1, 0.15) is 18.6 Å². The van der Waals surface area contributed by atoms with Crippen LogP contribution >= 0.6 is 22.9 Å². The molecule has 0 saturated heterocycles. The SMILES string of the molecule is CO/N=C(/c1ccc(OC)cc1)c1cc(CC(=O)O)c(-c2ccc(Cl)cc2)s1. The Balaban J connectivity index is 2.09. The molecular formula is C21H18ClNO4S. The Morgan fingerprint density at radius 1 is 1.11 bits per heavy atom. The van der Waals surface area contributed by atoms with Crippen molar-refractivity contribution in [2.75, 3.05) is 14.2 Å². The fourth-order valence-corrected chi connectivity index (χ4v) is 4.08. The summed E-state index contributed by atoms with van der Waals surface area (Å²) < 4.78 is 5.20. The molecule has 7 heteroatoms. The molecule has 0 bridgehead atoms. The predicted molar refractivity (Wildman–Crippen MR) is 112 cm³/mol. The number of nitrogens with zero attached hydrogens (tertiary/aromatic N) is 1. The highest BCUT2D eigenvalue weighted by molar-refractivity contribution is 7.17. The number of rotatable bonds is 7. The molecule has 3 aromatic rings. The van der Waals surface area contributed by atoms with Gasteiger partial charge in [0, 0.05) is 15.5 Å². The third kappa shape index (κ3) is 4.52. The molecule has 0 aliphatic carbocycles. The third-order valence-electron chi connectivity index (χ3n) is 4.04. The Bertz CT molecular complexity index is 994. The molecular weight excluding hydrogens is 398 g/mol. The Labute approximate surface area is 171 Å². The lowest BCUT2D eigenvalue weighted by atomic mass is 10.0. The maximum absolute atomic E-state index is 11.4. The first-order valence-electron chi connectivity index (χ1n) is 8.38. The summed E-state index contributed by atoms with van der Waals surface area (Å²) in [6.45, 7) is 0. The van der Waals surface area contributed by atoms with E-state index in [9.17, 15) is 9.90 Å². The van der Waals surface area contributed by atoms with E-state index in [1.807, 2.05) is 42.5 Å². The van der Waals surface area contributed by atoms with Crippen LogP contribution in [0.2, 0.25) is 5.02 Å². The van der Waals surface area contributed by atoms with Crippen molar-refractivity contribution in [3.05, 3.63) is 75.6 Å². The Hall–Kier alpha value is -2.83. The predicted octanol–water partition coefficient (Wildman–Crippen LogP) is 5.10. The standard InChI is InChI=1S/C21H18ClNO4S/c1-26-17-9-5-13(6-10-17)20(23-27-2)18-11-15(12-19(24)25)21(28-18)14-3-7-16(22)8-4-14/h3-11H,12H2,1-2H3,(H,24,25)/b23-20-. The summed E-state index contributed by atoms with van der Waals surface area (Å²) in [6, 6.07) is 16.6. The number of carboxylic acids is 1. The molecule has 0 aliphatic rings. The quantitative estimate of drug-likeness (QED) is 0.430. The van der Waals surface area contributed by atoms with Gasteiger partial charge in [-0.05, 0) is 53.6 Å². The number of carboxylic acid groups (broad SMARTS) is 1. The van der Waals surface area contributed by atoms with Crippen LogP contribution in [0.1, 0.15) is 16.0 Å². The molecule has 0 amide bonds. The van der Waals surface area contributed by atoms with Crippen molar-refractivity contribution in [3.8, 4) is 16.2 Å². The van der Waals surface area contributed by atoms with Gasteiger partial charge in [-0.25, -0.2) is 0 Å². The van der Waals surface area contributed by atoms with Crippen molar-refractivity contribution in [3.63, 3.8) is 0 Å². The highest BCUT2D eigenvalue weighted by Crippen LogP contribution is 2.35. The second kappa shape index (κ2) is 8.91. The van der Waals surface area contributed by atoms with Gasteiger partial charge >= 0.3 is 5.97 Å². The highest BCUT2D eigenvalue weighted by atomic mass is 35.5. The molecule has 1 N–H and O–H groups in total. The zero-order chi connectivity index (χ0) is 20.1. The van der Waals surface area contributed by atoms with Crippen molar-refractivity contribution < 1.29 is 19.5 Å². The van der Waals surface area contributed by atoms with Crippen molar-refractivity contribution >= 4 is 34.6 Å². The topological polar surface area (TPSA) is 68.1 Å². The van der Waals surface area contributed by atoms with Crippen LogP contribution in [-0.4, -0.2) is 31.0 Å². The van der Waals surface area contributed by atoms with Crippen LogP contribution in [0.25, 0.3) is 10.4 Å². The van der Waals surface area contributed by atoms with Crippen LogP contribution in [0, 0.1) is 0 Å². The number of hydrogen-bond donors (Lipinski definition) is 1. The number of methoxy groups -OCH3 is 1. The molecule has 0 atom stereocenters. The van der Waals surface area contributed by atoms with E-state index < -0.39 is 5.97 Å². The van der Waals surface area contributed by atoms with Crippen LogP contribution in [0.5, 0.6) is 5.75 Å². The van der Waals surface area contributed by atoms with Gasteiger partial charge in [-0.3, -0.25) is 4.79 Å². The summed E-state index contributed by atoms with van der Waals surface area (Å²) in [7, 11) is 3.09. The minimum Gasteiger partial charge on any atom is -0.497 e. The molecule has 3 rings (SSSR count). The monoisotopic (exact) mass is 415 g/mol. The molecule has 0 saturated carbocycles. The molecule has 1 heterocycles. The van der Waals surface area contributed by atoms with Gasteiger partial charge in [0.15, 0.2) is 0 Å². The summed E-state index contributed by atoms with van der Waals surface area (Å²) in [4.78, 5) is 18.1. The molecule has 5 nitrogen and oxygen atoms in total. The number of halogens is 1. The normalized spacial score (nSPS) is 11.3. The smallest absolute Gasteiger partial charge is 0.307 e. The molecule has 144 valence electrons. The van der Waals surface area contributed by atoms with Gasteiger partial charge in [0.05, 0.1) is 18.4 Å². The number of hydrogen-bond acceptors (Lipinski definition) is 5. The Morgan fingerprint density at radius 3 is 2.36 bits per heavy atom. The lowest BCUT2D eigenvalue weighted by Crippen LogP contribution is -2.03. The Morgan fingerprint density at radius 2 is 1.79 bits per heavy atom. The molecule has 0 spiro atoms. The lowest BCUT2D eigenvalue weighted by molar-refractivity contribution is -0.136. The van der Waals surface area contributed by atoms with Crippen LogP contribution in [-0.2, 0) is 16.1 Å². The first kappa shape index (κ1) is 19.9. The van der Waals surface area contributed by atoms with Crippen LogP contribution < -0.4 is 4.74 Å². The summed E-state index contributed by atoms with van der Waals surface area (Å²) >= 11 is 7.45. The van der Waals surface area contributed by atoms with E-state index >= 15 is 0 Å². The third-order valence-corrected chi connectivity index (χ3v) is 5.52. The number of carbonyl (C=O) groups is 1. The average Bonchev–Trinajstić information content (AvgIpc) is 3.09. The van der Waals surface area contributed by atoms with E-state index in [4.69, 9.17) is 21.2 Å². The zero-order valence-corrected chi connectivity index (χ0v) is 16.9. The lowest BCUT2D eigenvalue weighted by Gasteiger charge is -2.05. The van der Waals surface area contributed by atoms with Crippen molar-refractivity contribution in [1.29, 1.82) is 0 Å².